The highest BCUT2D eigenvalue weighted by Crippen LogP contribution is 2.21. The lowest BCUT2D eigenvalue weighted by Gasteiger charge is -2.21. The van der Waals surface area contributed by atoms with Crippen molar-refractivity contribution in [1.82, 2.24) is 4.31 Å². The van der Waals surface area contributed by atoms with Crippen molar-refractivity contribution < 1.29 is 17.6 Å². The highest BCUT2D eigenvalue weighted by molar-refractivity contribution is 7.89. The molecular formula is C19H19NO4S2. The monoisotopic (exact) mass is 389 g/mol. The second-order valence-electron chi connectivity index (χ2n) is 5.88. The van der Waals surface area contributed by atoms with E-state index < -0.39 is 10.0 Å². The first kappa shape index (κ1) is 18.6. The van der Waals surface area contributed by atoms with Gasteiger partial charge in [0.1, 0.15) is 0 Å². The largest absolute Gasteiger partial charge is 0.472 e. The fourth-order valence-electron chi connectivity index (χ4n) is 2.57. The van der Waals surface area contributed by atoms with Crippen LogP contribution in [0.1, 0.15) is 27.7 Å². The normalized spacial score (nSPS) is 11.8. The molecule has 0 bridgehead atoms. The first-order valence-corrected chi connectivity index (χ1v) is 10.4. The number of carbonyl (C=O) groups is 1. The predicted octanol–water partition coefficient (Wildman–Crippen LogP) is 3.98. The molecule has 3 aromatic rings. The molecule has 5 nitrogen and oxygen atoms in total. The van der Waals surface area contributed by atoms with Gasteiger partial charge in [0.25, 0.3) is 0 Å². The second kappa shape index (κ2) is 7.99. The van der Waals surface area contributed by atoms with E-state index in [9.17, 15) is 13.2 Å². The molecule has 136 valence electrons. The quantitative estimate of drug-likeness (QED) is 0.547. The number of rotatable bonds is 8. The van der Waals surface area contributed by atoms with Gasteiger partial charge in [-0.1, -0.05) is 18.2 Å². The van der Waals surface area contributed by atoms with E-state index >= 15 is 0 Å². The molecule has 0 unspecified atom stereocenters. The van der Waals surface area contributed by atoms with Crippen LogP contribution in [-0.4, -0.2) is 25.1 Å². The lowest BCUT2D eigenvalue weighted by Crippen LogP contribution is -2.32. The molecule has 3 rings (SSSR count). The number of carbonyl (C=O) groups excluding carboxylic acids is 1. The minimum atomic E-state index is -3.69. The van der Waals surface area contributed by atoms with Crippen molar-refractivity contribution in [1.29, 1.82) is 0 Å². The maximum Gasteiger partial charge on any atom is 0.243 e. The lowest BCUT2D eigenvalue weighted by atomic mass is 10.2. The number of ketones is 1. The van der Waals surface area contributed by atoms with Crippen molar-refractivity contribution in [2.24, 2.45) is 0 Å². The molecule has 0 aliphatic rings. The molecule has 7 heteroatoms. The lowest BCUT2D eigenvalue weighted by molar-refractivity contribution is 0.101. The molecule has 0 spiro atoms. The van der Waals surface area contributed by atoms with E-state index in [1.54, 1.807) is 35.8 Å². The Morgan fingerprint density at radius 3 is 2.50 bits per heavy atom. The average molecular weight is 389 g/mol. The highest BCUT2D eigenvalue weighted by Gasteiger charge is 2.25. The Morgan fingerprint density at radius 1 is 1.15 bits per heavy atom. The summed E-state index contributed by atoms with van der Waals surface area (Å²) >= 11 is 1.61. The summed E-state index contributed by atoms with van der Waals surface area (Å²) < 4.78 is 32.7. The molecule has 0 amide bonds. The third-order valence-corrected chi connectivity index (χ3v) is 6.82. The molecule has 0 aliphatic carbocycles. The van der Waals surface area contributed by atoms with Gasteiger partial charge in [0, 0.05) is 29.1 Å². The first-order chi connectivity index (χ1) is 12.5. The Bertz CT molecular complexity index is 944. The minimum absolute atomic E-state index is 0.0955. The molecule has 0 fully saturated rings. The van der Waals surface area contributed by atoms with E-state index in [1.165, 1.54) is 29.6 Å². The molecular weight excluding hydrogens is 370 g/mol. The van der Waals surface area contributed by atoms with Gasteiger partial charge in [-0.2, -0.15) is 4.31 Å². The van der Waals surface area contributed by atoms with Crippen LogP contribution in [0.25, 0.3) is 0 Å². The summed E-state index contributed by atoms with van der Waals surface area (Å²) in [5.74, 6) is -0.0955. The molecule has 1 aromatic carbocycles. The van der Waals surface area contributed by atoms with Gasteiger partial charge in [-0.15, -0.1) is 11.3 Å². The number of hydrogen-bond acceptors (Lipinski definition) is 5. The molecule has 26 heavy (non-hydrogen) atoms. The average Bonchev–Trinajstić information content (AvgIpc) is 3.32. The summed E-state index contributed by atoms with van der Waals surface area (Å²) in [6.07, 6.45) is 3.72. The van der Waals surface area contributed by atoms with Gasteiger partial charge >= 0.3 is 0 Å². The third kappa shape index (κ3) is 4.30. The maximum absolute atomic E-state index is 13.1. The summed E-state index contributed by atoms with van der Waals surface area (Å²) in [5.41, 5.74) is 1.28. The first-order valence-electron chi connectivity index (χ1n) is 8.11. The zero-order valence-corrected chi connectivity index (χ0v) is 15.9. The number of sulfonamides is 1. The summed E-state index contributed by atoms with van der Waals surface area (Å²) in [6, 6.07) is 11.8. The Balaban J connectivity index is 1.86. The minimum Gasteiger partial charge on any atom is -0.472 e. The third-order valence-electron chi connectivity index (χ3n) is 4.03. The van der Waals surface area contributed by atoms with Crippen molar-refractivity contribution in [3.05, 3.63) is 76.4 Å². The Kier molecular flexibility index (Phi) is 5.70. The Labute approximate surface area is 156 Å². The van der Waals surface area contributed by atoms with Gasteiger partial charge in [0.15, 0.2) is 5.78 Å². The van der Waals surface area contributed by atoms with Crippen molar-refractivity contribution >= 4 is 27.1 Å². The van der Waals surface area contributed by atoms with Gasteiger partial charge in [-0.05, 0) is 43.0 Å². The van der Waals surface area contributed by atoms with Crippen LogP contribution in [-0.2, 0) is 23.0 Å². The van der Waals surface area contributed by atoms with Crippen LogP contribution in [0.15, 0.2) is 69.7 Å². The molecule has 0 saturated heterocycles. The molecule has 0 atom stereocenters. The van der Waals surface area contributed by atoms with Crippen LogP contribution >= 0.6 is 11.3 Å². The second-order valence-corrected chi connectivity index (χ2v) is 8.85. The van der Waals surface area contributed by atoms with E-state index in [0.29, 0.717) is 18.5 Å². The number of nitrogens with zero attached hydrogens (tertiary/aromatic N) is 1. The van der Waals surface area contributed by atoms with Crippen LogP contribution in [0.4, 0.5) is 0 Å². The summed E-state index contributed by atoms with van der Waals surface area (Å²) in [4.78, 5) is 12.7. The Morgan fingerprint density at radius 2 is 1.92 bits per heavy atom. The van der Waals surface area contributed by atoms with Crippen molar-refractivity contribution in [2.75, 3.05) is 6.54 Å². The summed E-state index contributed by atoms with van der Waals surface area (Å²) in [7, 11) is -3.69. The van der Waals surface area contributed by atoms with Crippen molar-refractivity contribution in [2.45, 2.75) is 24.8 Å². The number of thiophene rings is 1. The van der Waals surface area contributed by atoms with Crippen molar-refractivity contribution in [3.8, 4) is 0 Å². The van der Waals surface area contributed by atoms with Crippen LogP contribution in [0, 0.1) is 0 Å². The fourth-order valence-corrected chi connectivity index (χ4v) is 4.70. The maximum atomic E-state index is 13.1. The van der Waals surface area contributed by atoms with Gasteiger partial charge in [-0.3, -0.25) is 4.79 Å². The van der Waals surface area contributed by atoms with Crippen LogP contribution < -0.4 is 0 Å². The number of furan rings is 1. The Hall–Kier alpha value is -2.22. The highest BCUT2D eigenvalue weighted by atomic mass is 32.2. The van der Waals surface area contributed by atoms with E-state index in [-0.39, 0.29) is 17.2 Å². The topological polar surface area (TPSA) is 67.6 Å². The SMILES string of the molecule is CC(=O)c1ccc(S(=O)(=O)N(CCc2cccs2)Cc2ccoc2)cc1. The summed E-state index contributed by atoms with van der Waals surface area (Å²) in [6.45, 7) is 2.05. The number of Topliss-reactive ketones (excluding diaryl/α,β-unsaturated/α-hetero) is 1. The van der Waals surface area contributed by atoms with E-state index in [1.807, 2.05) is 17.5 Å². The van der Waals surface area contributed by atoms with Gasteiger partial charge in [0.05, 0.1) is 17.4 Å². The molecule has 0 radical (unpaired) electrons. The van der Waals surface area contributed by atoms with Gasteiger partial charge in [-0.25, -0.2) is 8.42 Å². The zero-order chi connectivity index (χ0) is 18.6. The summed E-state index contributed by atoms with van der Waals surface area (Å²) in [5, 5.41) is 1.98. The zero-order valence-electron chi connectivity index (χ0n) is 14.3. The smallest absolute Gasteiger partial charge is 0.243 e. The standard InChI is InChI=1S/C19H19NO4S2/c1-15(21)17-4-6-19(7-5-17)26(22,23)20(13-16-9-11-24-14-16)10-8-18-3-2-12-25-18/h2-7,9,11-12,14H,8,10,13H2,1H3. The van der Waals surface area contributed by atoms with Crippen LogP contribution in [0.3, 0.4) is 0 Å². The van der Waals surface area contributed by atoms with Gasteiger partial charge < -0.3 is 4.42 Å². The molecule has 0 saturated carbocycles. The van der Waals surface area contributed by atoms with E-state index in [0.717, 1.165) is 10.4 Å². The molecule has 2 aromatic heterocycles. The molecule has 2 heterocycles. The predicted molar refractivity (Wildman–Crippen MR) is 101 cm³/mol. The van der Waals surface area contributed by atoms with Crippen LogP contribution in [0.5, 0.6) is 0 Å². The molecule has 0 aliphatic heterocycles. The fraction of sp³-hybridized carbons (Fsp3) is 0.211. The van der Waals surface area contributed by atoms with E-state index in [2.05, 4.69) is 0 Å². The molecule has 0 N–H and O–H groups in total. The van der Waals surface area contributed by atoms with Crippen LogP contribution in [0.2, 0.25) is 0 Å². The van der Waals surface area contributed by atoms with Gasteiger partial charge in [0.2, 0.25) is 10.0 Å². The number of benzene rings is 1. The van der Waals surface area contributed by atoms with Crippen molar-refractivity contribution in [3.63, 3.8) is 0 Å². The number of hydrogen-bond donors (Lipinski definition) is 0. The van der Waals surface area contributed by atoms with E-state index in [4.69, 9.17) is 4.42 Å².